The number of hydrogen-bond acceptors (Lipinski definition) is 8. The molecule has 0 bridgehead atoms. The molecule has 0 aromatic heterocycles. The third-order valence-electron chi connectivity index (χ3n) is 4.15. The molecule has 0 aliphatic rings. The van der Waals surface area contributed by atoms with E-state index in [-0.39, 0.29) is 37.6 Å². The van der Waals surface area contributed by atoms with Crippen molar-refractivity contribution < 1.29 is 38.9 Å². The lowest BCUT2D eigenvalue weighted by atomic mass is 10.0. The van der Waals surface area contributed by atoms with Crippen LogP contribution < -0.4 is 0 Å². The Kier molecular flexibility index (Phi) is 8.86. The Morgan fingerprint density at radius 3 is 1.23 bits per heavy atom. The molecular formula is C22H22O8. The average Bonchev–Trinajstić information content (AvgIpc) is 2.79. The summed E-state index contributed by atoms with van der Waals surface area (Å²) < 4.78 is 9.20. The lowest BCUT2D eigenvalue weighted by Crippen LogP contribution is -2.19. The standard InChI is InChI=1S/C22H22O8/c23-11-13-29-21(27)19(25)17-7-3-15(4-8-17)1-2-16-5-9-18(10-6-16)20(26)22(28)30-14-12-24/h3-10,23-24H,1-2,11-14H2. The SMILES string of the molecule is O=C(OCCO)C(=O)c1ccc(CCc2ccc(C(=O)C(=O)OCCO)cc2)cc1. The number of aliphatic hydroxyl groups excluding tert-OH is 2. The molecule has 8 heteroatoms. The number of esters is 2. The molecule has 8 nitrogen and oxygen atoms in total. The molecule has 0 atom stereocenters. The Bertz CT molecular complexity index is 809. The van der Waals surface area contributed by atoms with Crippen LogP contribution >= 0.6 is 0 Å². The smallest absolute Gasteiger partial charge is 0.379 e. The van der Waals surface area contributed by atoms with Gasteiger partial charge >= 0.3 is 11.9 Å². The molecule has 0 aliphatic carbocycles. The van der Waals surface area contributed by atoms with Gasteiger partial charge in [-0.25, -0.2) is 9.59 Å². The number of carbonyl (C=O) groups is 4. The molecule has 2 rings (SSSR count). The van der Waals surface area contributed by atoms with Gasteiger partial charge in [-0.15, -0.1) is 0 Å². The van der Waals surface area contributed by atoms with Gasteiger partial charge in [-0.05, 0) is 24.0 Å². The van der Waals surface area contributed by atoms with Crippen LogP contribution in [-0.4, -0.2) is 60.1 Å². The molecule has 0 saturated carbocycles. The normalized spacial score (nSPS) is 10.3. The predicted octanol–water partition coefficient (Wildman–Crippen LogP) is 0.908. The van der Waals surface area contributed by atoms with Crippen LogP contribution in [0.2, 0.25) is 0 Å². The molecule has 0 amide bonds. The molecule has 0 saturated heterocycles. The van der Waals surface area contributed by atoms with Crippen LogP contribution in [0, 0.1) is 0 Å². The number of benzene rings is 2. The lowest BCUT2D eigenvalue weighted by Gasteiger charge is -2.06. The van der Waals surface area contributed by atoms with E-state index in [1.165, 1.54) is 24.3 Å². The highest BCUT2D eigenvalue weighted by Gasteiger charge is 2.18. The summed E-state index contributed by atoms with van der Waals surface area (Å²) in [5, 5.41) is 17.2. The summed E-state index contributed by atoms with van der Waals surface area (Å²) in [5.74, 6) is -3.56. The molecule has 2 N–H and O–H groups in total. The first-order valence-corrected chi connectivity index (χ1v) is 9.28. The first kappa shape index (κ1) is 22.9. The van der Waals surface area contributed by atoms with Crippen molar-refractivity contribution in [2.75, 3.05) is 26.4 Å². The van der Waals surface area contributed by atoms with Crippen LogP contribution in [0.3, 0.4) is 0 Å². The van der Waals surface area contributed by atoms with Gasteiger partial charge in [-0.1, -0.05) is 48.5 Å². The number of ketones is 2. The highest BCUT2D eigenvalue weighted by atomic mass is 16.5. The van der Waals surface area contributed by atoms with Crippen molar-refractivity contribution in [2.24, 2.45) is 0 Å². The van der Waals surface area contributed by atoms with Crippen molar-refractivity contribution in [2.45, 2.75) is 12.8 Å². The van der Waals surface area contributed by atoms with E-state index in [2.05, 4.69) is 9.47 Å². The topological polar surface area (TPSA) is 127 Å². The second-order valence-electron chi connectivity index (χ2n) is 6.27. The van der Waals surface area contributed by atoms with Crippen molar-refractivity contribution in [1.29, 1.82) is 0 Å². The van der Waals surface area contributed by atoms with Gasteiger partial charge in [0, 0.05) is 11.1 Å². The van der Waals surface area contributed by atoms with E-state index in [1.54, 1.807) is 24.3 Å². The van der Waals surface area contributed by atoms with E-state index in [1.807, 2.05) is 0 Å². The number of Topliss-reactive ketones (excluding diaryl/α,β-unsaturated/α-hetero) is 2. The van der Waals surface area contributed by atoms with Crippen molar-refractivity contribution >= 4 is 23.5 Å². The van der Waals surface area contributed by atoms with E-state index in [0.717, 1.165) is 11.1 Å². The van der Waals surface area contributed by atoms with E-state index < -0.39 is 23.5 Å². The maximum atomic E-state index is 11.9. The van der Waals surface area contributed by atoms with E-state index in [9.17, 15) is 19.2 Å². The van der Waals surface area contributed by atoms with E-state index in [4.69, 9.17) is 10.2 Å². The zero-order valence-corrected chi connectivity index (χ0v) is 16.2. The summed E-state index contributed by atoms with van der Waals surface area (Å²) in [5.41, 5.74) is 2.31. The molecule has 2 aromatic rings. The zero-order valence-electron chi connectivity index (χ0n) is 16.2. The second kappa shape index (κ2) is 11.6. The van der Waals surface area contributed by atoms with Gasteiger partial charge in [0.15, 0.2) is 0 Å². The van der Waals surface area contributed by atoms with Gasteiger partial charge in [0.05, 0.1) is 13.2 Å². The van der Waals surface area contributed by atoms with Crippen LogP contribution in [0.5, 0.6) is 0 Å². The number of aryl methyl sites for hydroxylation is 2. The van der Waals surface area contributed by atoms with Crippen molar-refractivity contribution in [3.8, 4) is 0 Å². The summed E-state index contributed by atoms with van der Waals surface area (Å²) in [4.78, 5) is 46.9. The first-order valence-electron chi connectivity index (χ1n) is 9.28. The van der Waals surface area contributed by atoms with Gasteiger partial charge in [0.2, 0.25) is 0 Å². The molecule has 158 valence electrons. The molecule has 0 heterocycles. The lowest BCUT2D eigenvalue weighted by molar-refractivity contribution is -0.139. The first-order chi connectivity index (χ1) is 14.5. The number of ether oxygens (including phenoxy) is 2. The molecule has 0 aliphatic heterocycles. The molecule has 0 spiro atoms. The maximum Gasteiger partial charge on any atom is 0.379 e. The highest BCUT2D eigenvalue weighted by molar-refractivity contribution is 6.41. The minimum atomic E-state index is -1.01. The van der Waals surface area contributed by atoms with Crippen LogP contribution in [0.1, 0.15) is 31.8 Å². The summed E-state index contributed by atoms with van der Waals surface area (Å²) >= 11 is 0. The fourth-order valence-corrected chi connectivity index (χ4v) is 2.58. The third-order valence-corrected chi connectivity index (χ3v) is 4.15. The maximum absolute atomic E-state index is 11.9. The Morgan fingerprint density at radius 1 is 0.600 bits per heavy atom. The molecule has 0 radical (unpaired) electrons. The summed E-state index contributed by atoms with van der Waals surface area (Å²) in [6.07, 6.45) is 1.32. The van der Waals surface area contributed by atoms with Gasteiger partial charge in [-0.2, -0.15) is 0 Å². The number of aliphatic hydroxyl groups is 2. The van der Waals surface area contributed by atoms with Gasteiger partial charge < -0.3 is 19.7 Å². The van der Waals surface area contributed by atoms with E-state index >= 15 is 0 Å². The minimum Gasteiger partial charge on any atom is -0.457 e. The number of carbonyl (C=O) groups excluding carboxylic acids is 4. The molecule has 0 unspecified atom stereocenters. The van der Waals surface area contributed by atoms with Gasteiger partial charge in [0.25, 0.3) is 11.6 Å². The monoisotopic (exact) mass is 414 g/mol. The average molecular weight is 414 g/mol. The molecule has 2 aromatic carbocycles. The Balaban J connectivity index is 1.90. The number of rotatable bonds is 11. The van der Waals surface area contributed by atoms with Gasteiger partial charge in [-0.3, -0.25) is 9.59 Å². The summed E-state index contributed by atoms with van der Waals surface area (Å²) in [6, 6.07) is 13.1. The Labute approximate surface area is 173 Å². The Hall–Kier alpha value is -3.36. The summed E-state index contributed by atoms with van der Waals surface area (Å²) in [6.45, 7) is -1.14. The second-order valence-corrected chi connectivity index (χ2v) is 6.27. The van der Waals surface area contributed by atoms with Crippen molar-refractivity contribution in [1.82, 2.24) is 0 Å². The van der Waals surface area contributed by atoms with Crippen molar-refractivity contribution in [3.05, 3.63) is 70.8 Å². The fraction of sp³-hybridized carbons (Fsp3) is 0.273. The van der Waals surface area contributed by atoms with Crippen LogP contribution in [0.4, 0.5) is 0 Å². The molecule has 0 fully saturated rings. The van der Waals surface area contributed by atoms with Crippen LogP contribution in [0.15, 0.2) is 48.5 Å². The van der Waals surface area contributed by atoms with Crippen molar-refractivity contribution in [3.63, 3.8) is 0 Å². The zero-order chi connectivity index (χ0) is 21.9. The third kappa shape index (κ3) is 6.61. The molecular weight excluding hydrogens is 392 g/mol. The quantitative estimate of drug-likeness (QED) is 0.316. The van der Waals surface area contributed by atoms with Crippen LogP contribution in [-0.2, 0) is 31.9 Å². The van der Waals surface area contributed by atoms with Crippen LogP contribution in [0.25, 0.3) is 0 Å². The highest BCUT2D eigenvalue weighted by Crippen LogP contribution is 2.12. The summed E-state index contributed by atoms with van der Waals surface area (Å²) in [7, 11) is 0. The van der Waals surface area contributed by atoms with Gasteiger partial charge in [0.1, 0.15) is 13.2 Å². The molecule has 30 heavy (non-hydrogen) atoms. The number of hydrogen-bond donors (Lipinski definition) is 2. The van der Waals surface area contributed by atoms with E-state index in [0.29, 0.717) is 12.8 Å². The Morgan fingerprint density at radius 2 is 0.933 bits per heavy atom. The predicted molar refractivity (Wildman–Crippen MR) is 105 cm³/mol. The largest absolute Gasteiger partial charge is 0.457 e. The fourth-order valence-electron chi connectivity index (χ4n) is 2.58. The minimum absolute atomic E-state index is 0.206.